The zero-order valence-corrected chi connectivity index (χ0v) is 21.7. The van der Waals surface area contributed by atoms with E-state index in [4.69, 9.17) is 14.2 Å². The Morgan fingerprint density at radius 2 is 1.81 bits per heavy atom. The number of sulfonamides is 1. The molecule has 0 radical (unpaired) electrons. The largest absolute Gasteiger partial charge is 0.381 e. The highest BCUT2D eigenvalue weighted by atomic mass is 32.2. The van der Waals surface area contributed by atoms with Gasteiger partial charge in [0.25, 0.3) is 0 Å². The van der Waals surface area contributed by atoms with Crippen LogP contribution >= 0.6 is 0 Å². The number of halogens is 1. The van der Waals surface area contributed by atoms with Crippen LogP contribution in [0, 0.1) is 11.7 Å². The van der Waals surface area contributed by atoms with Crippen molar-refractivity contribution in [1.29, 1.82) is 0 Å². The van der Waals surface area contributed by atoms with E-state index >= 15 is 4.39 Å². The van der Waals surface area contributed by atoms with E-state index in [2.05, 4.69) is 0 Å². The smallest absolute Gasteiger partial charge is 0.221 e. The van der Waals surface area contributed by atoms with Gasteiger partial charge in [-0.05, 0) is 49.8 Å². The van der Waals surface area contributed by atoms with Crippen LogP contribution in [-0.2, 0) is 36.2 Å². The molecule has 3 saturated heterocycles. The quantitative estimate of drug-likeness (QED) is 0.512. The Balaban J connectivity index is 1.35. The summed E-state index contributed by atoms with van der Waals surface area (Å²) in [6.45, 7) is 5.82. The van der Waals surface area contributed by atoms with Crippen LogP contribution in [0.3, 0.4) is 0 Å². The van der Waals surface area contributed by atoms with Crippen molar-refractivity contribution < 1.29 is 27.0 Å². The van der Waals surface area contributed by atoms with Crippen LogP contribution in [0.5, 0.6) is 0 Å². The van der Waals surface area contributed by atoms with Crippen molar-refractivity contribution >= 4 is 10.0 Å². The predicted molar refractivity (Wildman–Crippen MR) is 136 cm³/mol. The van der Waals surface area contributed by atoms with Gasteiger partial charge in [-0.1, -0.05) is 42.5 Å². The van der Waals surface area contributed by atoms with E-state index in [0.29, 0.717) is 44.3 Å². The van der Waals surface area contributed by atoms with Gasteiger partial charge in [-0.2, -0.15) is 4.31 Å². The second kappa shape index (κ2) is 10.9. The van der Waals surface area contributed by atoms with Gasteiger partial charge in [-0.25, -0.2) is 12.8 Å². The molecule has 0 N–H and O–H groups in total. The molecule has 0 bridgehead atoms. The number of rotatable bonds is 8. The van der Waals surface area contributed by atoms with Crippen molar-refractivity contribution in [2.45, 2.75) is 55.9 Å². The van der Waals surface area contributed by atoms with Gasteiger partial charge < -0.3 is 14.2 Å². The minimum Gasteiger partial charge on any atom is -0.381 e. The molecule has 0 aromatic heterocycles. The number of ether oxygens (including phenoxy) is 3. The molecule has 0 aliphatic carbocycles. The third-order valence-electron chi connectivity index (χ3n) is 8.08. The second-order valence-electron chi connectivity index (χ2n) is 10.5. The SMILES string of the molecule is C[C@H]1CC[C@H](c2ccccc2)S(=O)(=O)N1Cc1ccc(C2(COCC3COC3)CCOCC2)cc1F. The van der Waals surface area contributed by atoms with Crippen molar-refractivity contribution in [1.82, 2.24) is 4.31 Å². The summed E-state index contributed by atoms with van der Waals surface area (Å²) in [7, 11) is -3.62. The number of hydrogen-bond acceptors (Lipinski definition) is 5. The fourth-order valence-corrected chi connectivity index (χ4v) is 7.79. The molecule has 3 aliphatic rings. The lowest BCUT2D eigenvalue weighted by Crippen LogP contribution is -2.45. The minimum absolute atomic E-state index is 0.0350. The van der Waals surface area contributed by atoms with Crippen molar-refractivity contribution in [2.24, 2.45) is 5.92 Å². The molecule has 3 fully saturated rings. The maximum atomic E-state index is 15.5. The molecule has 3 aliphatic heterocycles. The summed E-state index contributed by atoms with van der Waals surface area (Å²) in [5, 5.41) is -0.596. The van der Waals surface area contributed by atoms with Crippen molar-refractivity contribution in [2.75, 3.05) is 39.6 Å². The highest BCUT2D eigenvalue weighted by molar-refractivity contribution is 7.89. The predicted octanol–water partition coefficient (Wildman–Crippen LogP) is 4.59. The summed E-state index contributed by atoms with van der Waals surface area (Å²) >= 11 is 0. The first-order valence-electron chi connectivity index (χ1n) is 13.0. The molecular formula is C28H36FNO5S. The van der Waals surface area contributed by atoms with Gasteiger partial charge in [0.05, 0.1) is 26.4 Å². The van der Waals surface area contributed by atoms with Gasteiger partial charge in [-0.3, -0.25) is 0 Å². The Bertz CT molecular complexity index is 1130. The van der Waals surface area contributed by atoms with Crippen molar-refractivity contribution in [3.8, 4) is 0 Å². The first-order chi connectivity index (χ1) is 17.4. The van der Waals surface area contributed by atoms with Crippen molar-refractivity contribution in [3.63, 3.8) is 0 Å². The lowest BCUT2D eigenvalue weighted by atomic mass is 9.74. The second-order valence-corrected chi connectivity index (χ2v) is 12.6. The zero-order valence-electron chi connectivity index (χ0n) is 20.9. The monoisotopic (exact) mass is 517 g/mol. The maximum Gasteiger partial charge on any atom is 0.221 e. The van der Waals surface area contributed by atoms with Gasteiger partial charge >= 0.3 is 0 Å². The Kier molecular flexibility index (Phi) is 7.79. The van der Waals surface area contributed by atoms with Crippen LogP contribution in [0.25, 0.3) is 0 Å². The van der Waals surface area contributed by atoms with Gasteiger partial charge in [0.2, 0.25) is 10.0 Å². The molecule has 2 atom stereocenters. The summed E-state index contributed by atoms with van der Waals surface area (Å²) in [5.41, 5.74) is 1.79. The first kappa shape index (κ1) is 25.8. The lowest BCUT2D eigenvalue weighted by molar-refractivity contribution is -0.0843. The van der Waals surface area contributed by atoms with Crippen molar-refractivity contribution in [3.05, 3.63) is 71.0 Å². The minimum atomic E-state index is -3.62. The Labute approximate surface area is 213 Å². The van der Waals surface area contributed by atoms with E-state index in [9.17, 15) is 8.42 Å². The third-order valence-corrected chi connectivity index (χ3v) is 10.4. The summed E-state index contributed by atoms with van der Waals surface area (Å²) in [5.74, 6) is 0.0733. The van der Waals surface area contributed by atoms with E-state index in [1.165, 1.54) is 4.31 Å². The van der Waals surface area contributed by atoms with Gasteiger partial charge in [0.1, 0.15) is 11.1 Å². The van der Waals surface area contributed by atoms with E-state index in [-0.39, 0.29) is 23.8 Å². The average Bonchev–Trinajstić information content (AvgIpc) is 2.85. The van der Waals surface area contributed by atoms with Gasteiger partial charge in [0, 0.05) is 42.7 Å². The normalized spacial score (nSPS) is 26.4. The van der Waals surface area contributed by atoms with Crippen LogP contribution < -0.4 is 0 Å². The first-order valence-corrected chi connectivity index (χ1v) is 14.5. The van der Waals surface area contributed by atoms with E-state index < -0.39 is 15.3 Å². The van der Waals surface area contributed by atoms with Crippen LogP contribution in [0.4, 0.5) is 4.39 Å². The highest BCUT2D eigenvalue weighted by Crippen LogP contribution is 2.39. The fourth-order valence-electron chi connectivity index (χ4n) is 5.61. The van der Waals surface area contributed by atoms with E-state index in [0.717, 1.165) is 43.6 Å². The van der Waals surface area contributed by atoms with E-state index in [1.807, 2.05) is 43.3 Å². The molecule has 0 spiro atoms. The molecule has 2 aromatic rings. The molecule has 8 heteroatoms. The topological polar surface area (TPSA) is 65.1 Å². The third kappa shape index (κ3) is 5.24. The van der Waals surface area contributed by atoms with Crippen LogP contribution in [0.1, 0.15) is 54.5 Å². The number of benzene rings is 2. The molecule has 0 amide bonds. The molecule has 0 unspecified atom stereocenters. The molecule has 5 rings (SSSR count). The standard InChI is InChI=1S/C28H36FNO5S/c1-21-7-10-27(23-5-3-2-4-6-23)36(31,32)30(21)16-24-8-9-25(15-26(24)29)28(11-13-33-14-12-28)20-35-19-22-17-34-18-22/h2-6,8-9,15,21-22,27H,7,10-14,16-20H2,1H3/t21-,27+/m0/s1. The van der Waals surface area contributed by atoms with Crippen LogP contribution in [-0.4, -0.2) is 58.4 Å². The summed E-state index contributed by atoms with van der Waals surface area (Å²) < 4.78 is 61.1. The van der Waals surface area contributed by atoms with Crippen LogP contribution in [0.15, 0.2) is 48.5 Å². The highest BCUT2D eigenvalue weighted by Gasteiger charge is 2.41. The number of nitrogens with zero attached hydrogens (tertiary/aromatic N) is 1. The van der Waals surface area contributed by atoms with Gasteiger partial charge in [0.15, 0.2) is 0 Å². The summed E-state index contributed by atoms with van der Waals surface area (Å²) in [6.07, 6.45) is 2.85. The Hall–Kier alpha value is -1.84. The Morgan fingerprint density at radius 3 is 2.47 bits per heavy atom. The molecule has 0 saturated carbocycles. The van der Waals surface area contributed by atoms with Gasteiger partial charge in [-0.15, -0.1) is 0 Å². The van der Waals surface area contributed by atoms with E-state index in [1.54, 1.807) is 12.1 Å². The molecule has 2 aromatic carbocycles. The Morgan fingerprint density at radius 1 is 1.06 bits per heavy atom. The summed E-state index contributed by atoms with van der Waals surface area (Å²) in [4.78, 5) is 0. The summed E-state index contributed by atoms with van der Waals surface area (Å²) in [6, 6.07) is 14.5. The number of hydrogen-bond donors (Lipinski definition) is 0. The fraction of sp³-hybridized carbons (Fsp3) is 0.571. The van der Waals surface area contributed by atoms with Crippen LogP contribution in [0.2, 0.25) is 0 Å². The molecule has 6 nitrogen and oxygen atoms in total. The average molecular weight is 518 g/mol. The molecule has 36 heavy (non-hydrogen) atoms. The zero-order chi connectivity index (χ0) is 25.2. The molecule has 3 heterocycles. The maximum absolute atomic E-state index is 15.5. The molecular weight excluding hydrogens is 481 g/mol. The lowest BCUT2D eigenvalue weighted by Gasteiger charge is -2.39. The molecule has 196 valence electrons.